The fraction of sp³-hybridized carbons (Fsp3) is 0.444. The highest BCUT2D eigenvalue weighted by atomic mass is 19.4. The van der Waals surface area contributed by atoms with Gasteiger partial charge < -0.3 is 15.8 Å². The molecule has 0 amide bonds. The van der Waals surface area contributed by atoms with Gasteiger partial charge in [0.2, 0.25) is 5.88 Å². The molecule has 0 fully saturated rings. The van der Waals surface area contributed by atoms with Gasteiger partial charge in [-0.05, 0) is 19.1 Å². The van der Waals surface area contributed by atoms with E-state index < -0.39 is 12.7 Å². The zero-order chi connectivity index (χ0) is 12.2. The van der Waals surface area contributed by atoms with E-state index in [-0.39, 0.29) is 11.7 Å². The highest BCUT2D eigenvalue weighted by Gasteiger charge is 2.26. The van der Waals surface area contributed by atoms with Gasteiger partial charge in [0.05, 0.1) is 12.3 Å². The third-order valence-electron chi connectivity index (χ3n) is 1.64. The van der Waals surface area contributed by atoms with Crippen LogP contribution in [0, 0.1) is 0 Å². The van der Waals surface area contributed by atoms with Crippen LogP contribution >= 0.6 is 0 Å². The van der Waals surface area contributed by atoms with E-state index in [0.717, 1.165) is 0 Å². The summed E-state index contributed by atoms with van der Waals surface area (Å²) in [7, 11) is 0. The summed E-state index contributed by atoms with van der Waals surface area (Å²) < 4.78 is 40.8. The highest BCUT2D eigenvalue weighted by Crippen LogP contribution is 2.22. The molecule has 90 valence electrons. The monoisotopic (exact) mass is 235 g/mol. The Bertz CT molecular complexity index is 354. The molecule has 0 aliphatic rings. The molecule has 7 heteroatoms. The molecule has 3 N–H and O–H groups in total. The van der Waals surface area contributed by atoms with E-state index in [1.807, 2.05) is 0 Å². The van der Waals surface area contributed by atoms with Gasteiger partial charge in [-0.15, -0.1) is 0 Å². The lowest BCUT2D eigenvalue weighted by atomic mass is 10.4. The second kappa shape index (κ2) is 4.91. The molecule has 0 spiro atoms. The van der Waals surface area contributed by atoms with Crippen LogP contribution in [0.25, 0.3) is 0 Å². The van der Waals surface area contributed by atoms with Gasteiger partial charge >= 0.3 is 6.18 Å². The van der Waals surface area contributed by atoms with E-state index in [1.54, 1.807) is 6.92 Å². The van der Waals surface area contributed by atoms with Crippen LogP contribution in [0.2, 0.25) is 0 Å². The van der Waals surface area contributed by atoms with E-state index in [1.165, 1.54) is 12.1 Å². The summed E-state index contributed by atoms with van der Waals surface area (Å²) in [6.07, 6.45) is -4.28. The highest BCUT2D eigenvalue weighted by molar-refractivity contribution is 5.53. The molecule has 0 saturated carbocycles. The van der Waals surface area contributed by atoms with Gasteiger partial charge in [0.25, 0.3) is 0 Å². The number of hydrogen-bond acceptors (Lipinski definition) is 4. The van der Waals surface area contributed by atoms with Crippen molar-refractivity contribution in [2.24, 2.45) is 0 Å². The van der Waals surface area contributed by atoms with E-state index >= 15 is 0 Å². The van der Waals surface area contributed by atoms with Crippen molar-refractivity contribution in [3.8, 4) is 5.88 Å². The van der Waals surface area contributed by atoms with Crippen LogP contribution in [0.1, 0.15) is 6.92 Å². The Kier molecular flexibility index (Phi) is 3.81. The molecule has 0 aliphatic heterocycles. The number of nitrogens with two attached hydrogens (primary N) is 1. The minimum atomic E-state index is -4.28. The van der Waals surface area contributed by atoms with Crippen molar-refractivity contribution in [3.63, 3.8) is 0 Å². The van der Waals surface area contributed by atoms with Gasteiger partial charge in [0.1, 0.15) is 12.4 Å². The fourth-order valence-electron chi connectivity index (χ4n) is 0.993. The maximum absolute atomic E-state index is 11.9. The van der Waals surface area contributed by atoms with E-state index in [9.17, 15) is 13.2 Å². The predicted octanol–water partition coefficient (Wildman–Crippen LogP) is 2.04. The number of hydrogen-bond donors (Lipinski definition) is 2. The van der Waals surface area contributed by atoms with Gasteiger partial charge in [0, 0.05) is 0 Å². The van der Waals surface area contributed by atoms with Gasteiger partial charge in [-0.3, -0.25) is 0 Å². The second-order valence-electron chi connectivity index (χ2n) is 2.99. The quantitative estimate of drug-likeness (QED) is 0.838. The minimum Gasteiger partial charge on any atom is -0.476 e. The molecule has 0 bridgehead atoms. The topological polar surface area (TPSA) is 60.2 Å². The zero-order valence-electron chi connectivity index (χ0n) is 8.64. The third kappa shape index (κ3) is 3.84. The molecule has 0 aliphatic carbocycles. The molecular weight excluding hydrogens is 223 g/mol. The van der Waals surface area contributed by atoms with Crippen molar-refractivity contribution in [3.05, 3.63) is 12.1 Å². The Hall–Kier alpha value is -1.66. The summed E-state index contributed by atoms with van der Waals surface area (Å²) >= 11 is 0. The summed E-state index contributed by atoms with van der Waals surface area (Å²) in [6.45, 7) is 0.937. The molecule has 4 nitrogen and oxygen atoms in total. The van der Waals surface area contributed by atoms with Crippen molar-refractivity contribution < 1.29 is 17.9 Å². The molecule has 0 radical (unpaired) electrons. The summed E-state index contributed by atoms with van der Waals surface area (Å²) in [5, 5.41) is 2.14. The number of nitrogens with zero attached hydrogens (tertiary/aromatic N) is 1. The summed E-state index contributed by atoms with van der Waals surface area (Å²) in [5.74, 6) is 0.213. The molecule has 0 unspecified atom stereocenters. The van der Waals surface area contributed by atoms with Crippen molar-refractivity contribution in [2.45, 2.75) is 13.1 Å². The normalized spacial score (nSPS) is 11.2. The fourth-order valence-corrected chi connectivity index (χ4v) is 0.993. The second-order valence-corrected chi connectivity index (χ2v) is 2.99. The lowest BCUT2D eigenvalue weighted by molar-refractivity contribution is -0.115. The van der Waals surface area contributed by atoms with Gasteiger partial charge in [0.15, 0.2) is 0 Å². The van der Waals surface area contributed by atoms with Gasteiger partial charge in [-0.2, -0.15) is 18.2 Å². The molecule has 16 heavy (non-hydrogen) atoms. The number of aromatic nitrogens is 1. The standard InChI is InChI=1S/C9H12F3N3O/c1-2-16-8-6(13)3-4-7(15-8)14-5-9(10,11)12/h3-4H,2,5,13H2,1H3,(H,14,15). The lowest BCUT2D eigenvalue weighted by Crippen LogP contribution is -2.21. The SMILES string of the molecule is CCOc1nc(NCC(F)(F)F)ccc1N. The van der Waals surface area contributed by atoms with Crippen molar-refractivity contribution in [1.82, 2.24) is 4.98 Å². The van der Waals surface area contributed by atoms with Crippen LogP contribution in [0.3, 0.4) is 0 Å². The Balaban J connectivity index is 2.71. The van der Waals surface area contributed by atoms with Crippen LogP contribution in [-0.2, 0) is 0 Å². The maximum atomic E-state index is 11.9. The lowest BCUT2D eigenvalue weighted by Gasteiger charge is -2.11. The third-order valence-corrected chi connectivity index (χ3v) is 1.64. The number of pyridine rings is 1. The molecule has 1 aromatic rings. The van der Waals surface area contributed by atoms with E-state index in [4.69, 9.17) is 10.5 Å². The first kappa shape index (κ1) is 12.4. The van der Waals surface area contributed by atoms with Crippen LogP contribution < -0.4 is 15.8 Å². The molecule has 0 saturated heterocycles. The summed E-state index contributed by atoms with van der Waals surface area (Å²) in [4.78, 5) is 3.81. The van der Waals surface area contributed by atoms with Crippen molar-refractivity contribution in [1.29, 1.82) is 0 Å². The molecule has 0 atom stereocenters. The van der Waals surface area contributed by atoms with Gasteiger partial charge in [-0.1, -0.05) is 0 Å². The number of halogens is 3. The number of nitrogen functional groups attached to an aromatic ring is 1. The van der Waals surface area contributed by atoms with Crippen LogP contribution in [0.4, 0.5) is 24.7 Å². The number of rotatable bonds is 4. The smallest absolute Gasteiger partial charge is 0.405 e. The molecule has 1 aromatic heterocycles. The van der Waals surface area contributed by atoms with Gasteiger partial charge in [-0.25, -0.2) is 0 Å². The largest absolute Gasteiger partial charge is 0.476 e. The molecular formula is C9H12F3N3O. The Morgan fingerprint density at radius 2 is 2.12 bits per heavy atom. The number of ether oxygens (including phenoxy) is 1. The molecule has 1 rings (SSSR count). The van der Waals surface area contributed by atoms with E-state index in [0.29, 0.717) is 12.3 Å². The Labute approximate surface area is 90.6 Å². The zero-order valence-corrected chi connectivity index (χ0v) is 8.64. The average molecular weight is 235 g/mol. The summed E-state index contributed by atoms with van der Waals surface area (Å²) in [6, 6.07) is 2.81. The van der Waals surface area contributed by atoms with E-state index in [2.05, 4.69) is 10.3 Å². The van der Waals surface area contributed by atoms with Crippen molar-refractivity contribution in [2.75, 3.05) is 24.2 Å². The number of anilines is 2. The summed E-state index contributed by atoms with van der Waals surface area (Å²) in [5.41, 5.74) is 5.81. The Morgan fingerprint density at radius 3 is 2.69 bits per heavy atom. The van der Waals surface area contributed by atoms with Crippen LogP contribution in [-0.4, -0.2) is 24.3 Å². The van der Waals surface area contributed by atoms with Crippen molar-refractivity contribution >= 4 is 11.5 Å². The minimum absolute atomic E-state index is 0.0787. The van der Waals surface area contributed by atoms with Crippen LogP contribution in [0.5, 0.6) is 5.88 Å². The maximum Gasteiger partial charge on any atom is 0.405 e. The molecule has 1 heterocycles. The first-order valence-electron chi connectivity index (χ1n) is 4.62. The first-order chi connectivity index (χ1) is 7.42. The molecule has 0 aromatic carbocycles. The Morgan fingerprint density at radius 1 is 1.44 bits per heavy atom. The first-order valence-corrected chi connectivity index (χ1v) is 4.62. The predicted molar refractivity (Wildman–Crippen MR) is 54.4 cm³/mol. The average Bonchev–Trinajstić information content (AvgIpc) is 2.18. The number of alkyl halides is 3. The number of nitrogens with one attached hydrogen (secondary N) is 1. The van der Waals surface area contributed by atoms with Crippen LogP contribution in [0.15, 0.2) is 12.1 Å².